The van der Waals surface area contributed by atoms with Crippen LogP contribution in [0.5, 0.6) is 11.5 Å². The summed E-state index contributed by atoms with van der Waals surface area (Å²) in [7, 11) is 1.54. The minimum absolute atomic E-state index is 0.0423. The van der Waals surface area contributed by atoms with E-state index in [-0.39, 0.29) is 5.11 Å². The van der Waals surface area contributed by atoms with Crippen LogP contribution < -0.4 is 25.6 Å². The number of carbonyl (C=O) groups is 2. The molecule has 2 amide bonds. The second-order valence-electron chi connectivity index (χ2n) is 6.89. The molecule has 0 aromatic heterocycles. The molecule has 7 nitrogen and oxygen atoms in total. The predicted octanol–water partition coefficient (Wildman–Crippen LogP) is 4.59. The fourth-order valence-electron chi connectivity index (χ4n) is 2.36. The van der Waals surface area contributed by atoms with Gasteiger partial charge in [0.2, 0.25) is 0 Å². The molecule has 0 spiro atoms. The van der Waals surface area contributed by atoms with Crippen LogP contribution in [0.3, 0.4) is 0 Å². The maximum atomic E-state index is 12.4. The van der Waals surface area contributed by atoms with E-state index in [1.54, 1.807) is 36.4 Å². The van der Waals surface area contributed by atoms with Gasteiger partial charge in [-0.25, -0.2) is 0 Å². The normalized spacial score (nSPS) is 10.4. The monoisotopic (exact) mass is 571 g/mol. The van der Waals surface area contributed by atoms with Gasteiger partial charge in [-0.05, 0) is 92.8 Å². The van der Waals surface area contributed by atoms with Gasteiger partial charge in [0.15, 0.2) is 5.11 Å². The van der Waals surface area contributed by atoms with Crippen LogP contribution in [0.2, 0.25) is 0 Å². The summed E-state index contributed by atoms with van der Waals surface area (Å²) >= 11 is 11.8. The summed E-state index contributed by atoms with van der Waals surface area (Å²) in [4.78, 5) is 24.7. The van der Waals surface area contributed by atoms with Gasteiger partial charge in [-0.15, -0.1) is 0 Å². The van der Waals surface area contributed by atoms with Crippen molar-refractivity contribution in [2.45, 2.75) is 20.3 Å². The fourth-order valence-corrected chi connectivity index (χ4v) is 3.54. The van der Waals surface area contributed by atoms with Crippen LogP contribution in [0.25, 0.3) is 0 Å². The Kier molecular flexibility index (Phi) is 9.73. The summed E-state index contributed by atoms with van der Waals surface area (Å²) in [6.07, 6.45) is 0.938. The van der Waals surface area contributed by atoms with Crippen molar-refractivity contribution in [3.8, 4) is 11.5 Å². The van der Waals surface area contributed by atoms with E-state index >= 15 is 0 Å². The van der Waals surface area contributed by atoms with Gasteiger partial charge in [-0.2, -0.15) is 0 Å². The van der Waals surface area contributed by atoms with Crippen molar-refractivity contribution in [3.05, 3.63) is 56.5 Å². The highest BCUT2D eigenvalue weighted by Gasteiger charge is 2.13. The number of methoxy groups -OCH3 is 1. The Bertz CT molecular complexity index is 970. The summed E-state index contributed by atoms with van der Waals surface area (Å²) in [5.74, 6) is 0.966. The molecule has 31 heavy (non-hydrogen) atoms. The van der Waals surface area contributed by atoms with Crippen molar-refractivity contribution >= 4 is 61.0 Å². The Balaban J connectivity index is 1.87. The van der Waals surface area contributed by atoms with E-state index in [1.165, 1.54) is 7.11 Å². The lowest BCUT2D eigenvalue weighted by molar-refractivity contribution is 0.0934. The van der Waals surface area contributed by atoms with E-state index in [4.69, 9.17) is 21.7 Å². The van der Waals surface area contributed by atoms with Gasteiger partial charge in [0, 0.05) is 11.1 Å². The SMILES string of the molecule is COc1ccc(C(=O)NNC(=S)NC(=O)c2ccc(OCCC(C)C)c(Br)c2)cc1Br. The Morgan fingerprint density at radius 3 is 2.10 bits per heavy atom. The first kappa shape index (κ1) is 25.1. The van der Waals surface area contributed by atoms with E-state index in [2.05, 4.69) is 61.9 Å². The molecule has 0 unspecified atom stereocenters. The van der Waals surface area contributed by atoms with Gasteiger partial charge in [0.25, 0.3) is 11.8 Å². The van der Waals surface area contributed by atoms with E-state index in [0.29, 0.717) is 44.1 Å². The molecule has 0 aliphatic heterocycles. The van der Waals surface area contributed by atoms with Crippen molar-refractivity contribution in [1.29, 1.82) is 0 Å². The van der Waals surface area contributed by atoms with Crippen LogP contribution in [0.1, 0.15) is 41.0 Å². The lowest BCUT2D eigenvalue weighted by atomic mass is 10.1. The first-order valence-electron chi connectivity index (χ1n) is 9.38. The fraction of sp³-hybridized carbons (Fsp3) is 0.286. The predicted molar refractivity (Wildman–Crippen MR) is 130 cm³/mol. The molecule has 0 aliphatic carbocycles. The molecule has 0 atom stereocenters. The van der Waals surface area contributed by atoms with Crippen molar-refractivity contribution < 1.29 is 19.1 Å². The molecule has 0 saturated heterocycles. The van der Waals surface area contributed by atoms with Crippen LogP contribution in [0, 0.1) is 5.92 Å². The van der Waals surface area contributed by atoms with Crippen molar-refractivity contribution in [3.63, 3.8) is 0 Å². The topological polar surface area (TPSA) is 88.7 Å². The molecule has 0 fully saturated rings. The van der Waals surface area contributed by atoms with Gasteiger partial charge in [0.1, 0.15) is 11.5 Å². The average molecular weight is 573 g/mol. The lowest BCUT2D eigenvalue weighted by Gasteiger charge is -2.13. The van der Waals surface area contributed by atoms with Crippen LogP contribution in [0.4, 0.5) is 0 Å². The van der Waals surface area contributed by atoms with Crippen LogP contribution in [0.15, 0.2) is 45.3 Å². The highest BCUT2D eigenvalue weighted by atomic mass is 79.9. The van der Waals surface area contributed by atoms with E-state index in [9.17, 15) is 9.59 Å². The second kappa shape index (κ2) is 12.0. The van der Waals surface area contributed by atoms with Crippen LogP contribution in [-0.4, -0.2) is 30.6 Å². The third-order valence-corrected chi connectivity index (χ3v) is 5.52. The smallest absolute Gasteiger partial charge is 0.269 e. The number of rotatable bonds is 7. The minimum Gasteiger partial charge on any atom is -0.496 e. The first-order chi connectivity index (χ1) is 14.7. The molecule has 0 saturated carbocycles. The molecule has 0 bridgehead atoms. The van der Waals surface area contributed by atoms with Gasteiger partial charge >= 0.3 is 0 Å². The van der Waals surface area contributed by atoms with Crippen LogP contribution >= 0.6 is 44.1 Å². The van der Waals surface area contributed by atoms with E-state index in [1.807, 2.05) is 0 Å². The maximum absolute atomic E-state index is 12.4. The van der Waals surface area contributed by atoms with Crippen molar-refractivity contribution in [1.82, 2.24) is 16.2 Å². The highest BCUT2D eigenvalue weighted by Crippen LogP contribution is 2.27. The summed E-state index contributed by atoms with van der Waals surface area (Å²) in [5.41, 5.74) is 5.72. The summed E-state index contributed by atoms with van der Waals surface area (Å²) in [6.45, 7) is 4.85. The number of hydrazine groups is 1. The Labute approximate surface area is 203 Å². The zero-order chi connectivity index (χ0) is 23.0. The minimum atomic E-state index is -0.425. The molecule has 0 heterocycles. The molecule has 166 valence electrons. The molecule has 0 radical (unpaired) electrons. The number of nitrogens with one attached hydrogen (secondary N) is 3. The number of hydrogen-bond donors (Lipinski definition) is 3. The summed E-state index contributed by atoms with van der Waals surface area (Å²) < 4.78 is 12.2. The molecule has 0 aliphatic rings. The number of ether oxygens (including phenoxy) is 2. The summed E-state index contributed by atoms with van der Waals surface area (Å²) in [5, 5.41) is 2.47. The van der Waals surface area contributed by atoms with Gasteiger partial charge in [-0.1, -0.05) is 13.8 Å². The first-order valence-corrected chi connectivity index (χ1v) is 11.4. The number of hydrogen-bond acceptors (Lipinski definition) is 5. The summed E-state index contributed by atoms with van der Waals surface area (Å²) in [6, 6.07) is 9.88. The maximum Gasteiger partial charge on any atom is 0.269 e. The third kappa shape index (κ3) is 7.79. The zero-order valence-electron chi connectivity index (χ0n) is 17.3. The number of carbonyl (C=O) groups excluding carboxylic acids is 2. The Morgan fingerprint density at radius 1 is 0.968 bits per heavy atom. The van der Waals surface area contributed by atoms with Crippen molar-refractivity contribution in [2.75, 3.05) is 13.7 Å². The quantitative estimate of drug-likeness (QED) is 0.332. The van der Waals surface area contributed by atoms with Crippen molar-refractivity contribution in [2.24, 2.45) is 5.92 Å². The molecule has 2 aromatic rings. The standard InChI is InChI=1S/C21H23Br2N3O4S/c1-12(2)8-9-30-18-7-5-13(10-16(18)23)19(27)24-21(31)26-25-20(28)14-4-6-17(29-3)15(22)11-14/h4-7,10-12H,8-9H2,1-3H3,(H,25,28)(H2,24,26,27,31). The molecule has 10 heteroatoms. The Morgan fingerprint density at radius 2 is 1.55 bits per heavy atom. The van der Waals surface area contributed by atoms with Gasteiger partial charge < -0.3 is 9.47 Å². The third-order valence-electron chi connectivity index (χ3n) is 4.08. The van der Waals surface area contributed by atoms with E-state index in [0.717, 1.165) is 6.42 Å². The Hall–Kier alpha value is -2.17. The zero-order valence-corrected chi connectivity index (χ0v) is 21.2. The van der Waals surface area contributed by atoms with Gasteiger partial charge in [0.05, 0.1) is 22.7 Å². The number of halogens is 2. The largest absolute Gasteiger partial charge is 0.496 e. The molecular formula is C21H23Br2N3O4S. The number of benzene rings is 2. The number of thiocarbonyl (C=S) groups is 1. The van der Waals surface area contributed by atoms with E-state index < -0.39 is 11.8 Å². The number of amides is 2. The lowest BCUT2D eigenvalue weighted by Crippen LogP contribution is -2.48. The molecular weight excluding hydrogens is 550 g/mol. The molecule has 2 rings (SSSR count). The molecule has 2 aromatic carbocycles. The highest BCUT2D eigenvalue weighted by molar-refractivity contribution is 9.10. The average Bonchev–Trinajstić information content (AvgIpc) is 2.72. The van der Waals surface area contributed by atoms with Crippen LogP contribution in [-0.2, 0) is 0 Å². The second-order valence-corrected chi connectivity index (χ2v) is 9.00. The molecule has 3 N–H and O–H groups in total. The van der Waals surface area contributed by atoms with Gasteiger partial charge in [-0.3, -0.25) is 25.8 Å².